The largest absolute Gasteiger partial charge is 0.507 e. The van der Waals surface area contributed by atoms with Gasteiger partial charge in [0.15, 0.2) is 0 Å². The van der Waals surface area contributed by atoms with Crippen LogP contribution in [0.4, 0.5) is 0 Å². The molecule has 2 saturated heterocycles. The van der Waals surface area contributed by atoms with E-state index in [2.05, 4.69) is 15.3 Å². The van der Waals surface area contributed by atoms with Crippen LogP contribution < -0.4 is 10.1 Å². The number of allylic oxidation sites excluding steroid dienone is 3. The van der Waals surface area contributed by atoms with Crippen LogP contribution in [0.15, 0.2) is 52.5 Å². The number of hydrazone groups is 1. The number of piperazine rings is 1. The average Bonchev–Trinajstić information content (AvgIpc) is 3.76. The van der Waals surface area contributed by atoms with E-state index >= 15 is 0 Å². The number of aliphatic hydroxyl groups is 2. The van der Waals surface area contributed by atoms with Gasteiger partial charge in [-0.3, -0.25) is 24.2 Å². The Labute approximate surface area is 366 Å². The lowest BCUT2D eigenvalue weighted by Gasteiger charge is -2.38. The number of esters is 2. The summed E-state index contributed by atoms with van der Waals surface area (Å²) in [7, 11) is 3.38. The number of Topliss-reactive ketones (excluding diaryl/α,β-unsaturated/α-hetero) is 2. The molecule has 1 aromatic carbocycles. The number of benzene rings is 1. The molecule has 1 aliphatic carbocycles. The first-order valence-electron chi connectivity index (χ1n) is 21.0. The van der Waals surface area contributed by atoms with Gasteiger partial charge < -0.3 is 54.0 Å². The number of phenols is 1. The van der Waals surface area contributed by atoms with E-state index in [-0.39, 0.29) is 33.6 Å². The molecule has 4 N–H and O–H groups in total. The normalized spacial score (nSPS) is 35.2. The molecule has 10 atom stereocenters. The smallest absolute Gasteiger partial charge is 0.335 e. The van der Waals surface area contributed by atoms with Gasteiger partial charge in [-0.1, -0.05) is 45.9 Å². The van der Waals surface area contributed by atoms with E-state index in [1.165, 1.54) is 59.4 Å². The van der Waals surface area contributed by atoms with Crippen LogP contribution in [0, 0.1) is 30.6 Å². The van der Waals surface area contributed by atoms with Crippen molar-refractivity contribution in [3.05, 3.63) is 69.7 Å². The van der Waals surface area contributed by atoms with Crippen molar-refractivity contribution in [1.29, 1.82) is 0 Å². The number of aliphatic hydroxyl groups excluding tert-OH is 2. The molecule has 63 heavy (non-hydrogen) atoms. The summed E-state index contributed by atoms with van der Waals surface area (Å²) in [6.45, 7) is 14.0. The van der Waals surface area contributed by atoms with E-state index < -0.39 is 113 Å². The first-order chi connectivity index (χ1) is 29.7. The maximum Gasteiger partial charge on any atom is 0.335 e. The standard InChI is InChI=1S/C45H58N4O14/c1-22-12-11-13-23(2)43(57)47-35-29(20-46-49-17-15-48(9)16-18-49)45(60-21-31(51)62-45)34-32(39(35)55)38(54)27(6)41-33(34)42(56)44(8,63-41)59-19-14-30(58-10)24(3)40(61-28(7)50)26(5)37(53)25(4)36(22)52/h11-14,19-20,22,24-26,30,36-37,40,52-54H,15-18,21H2,1-10H3,(H,47,57)/b12-11+,19-14+,23-13+,46-20+/t22-,24+,25+,26+,30-,36-,37+,40+,44-,45?/m0/s1. The lowest BCUT2D eigenvalue weighted by molar-refractivity contribution is -0.162. The third-order valence-corrected chi connectivity index (χ3v) is 12.7. The lowest BCUT2D eigenvalue weighted by atomic mass is 9.77. The van der Waals surface area contributed by atoms with Gasteiger partial charge in [-0.2, -0.15) is 5.10 Å². The summed E-state index contributed by atoms with van der Waals surface area (Å²) in [5, 5.41) is 43.8. The second-order valence-electron chi connectivity index (χ2n) is 17.1. The van der Waals surface area contributed by atoms with Crippen molar-refractivity contribution in [3.8, 4) is 11.5 Å². The van der Waals surface area contributed by atoms with E-state index in [0.29, 0.717) is 26.2 Å². The lowest BCUT2D eigenvalue weighted by Crippen LogP contribution is -2.46. The van der Waals surface area contributed by atoms with Gasteiger partial charge in [-0.15, -0.1) is 0 Å². The van der Waals surface area contributed by atoms with Gasteiger partial charge in [0, 0.05) is 81.9 Å². The highest BCUT2D eigenvalue weighted by atomic mass is 16.8. The Morgan fingerprint density at radius 3 is 2.27 bits per heavy atom. The van der Waals surface area contributed by atoms with Crippen LogP contribution >= 0.6 is 0 Å². The number of carbonyl (C=O) groups is 5. The number of ketones is 2. The fraction of sp³-hybridized carbons (Fsp3) is 0.556. The van der Waals surface area contributed by atoms with Gasteiger partial charge in [0.05, 0.1) is 53.1 Å². The minimum absolute atomic E-state index is 0.0288. The van der Waals surface area contributed by atoms with Gasteiger partial charge in [-0.25, -0.2) is 4.79 Å². The fourth-order valence-corrected chi connectivity index (χ4v) is 8.70. The number of hydrogen-bond acceptors (Lipinski definition) is 17. The number of fused-ring (bicyclic) bond motifs is 2. The minimum atomic E-state index is -2.40. The highest BCUT2D eigenvalue weighted by Gasteiger charge is 2.61. The van der Waals surface area contributed by atoms with E-state index in [9.17, 15) is 39.3 Å². The summed E-state index contributed by atoms with van der Waals surface area (Å²) in [4.78, 5) is 71.4. The third kappa shape index (κ3) is 8.78. The summed E-state index contributed by atoms with van der Waals surface area (Å²) < 4.78 is 35.9. The van der Waals surface area contributed by atoms with Gasteiger partial charge >= 0.3 is 17.7 Å². The number of likely N-dealkylation sites (N-methyl/N-ethyl adjacent to an activating group) is 1. The molecule has 2 fully saturated rings. The molecule has 1 unspecified atom stereocenters. The third-order valence-electron chi connectivity index (χ3n) is 12.7. The molecule has 6 rings (SSSR count). The van der Waals surface area contributed by atoms with E-state index in [1.807, 2.05) is 7.05 Å². The second-order valence-corrected chi connectivity index (χ2v) is 17.1. The van der Waals surface area contributed by atoms with Gasteiger partial charge in [0.25, 0.3) is 17.5 Å². The van der Waals surface area contributed by atoms with Crippen molar-refractivity contribution in [1.82, 2.24) is 15.2 Å². The predicted octanol–water partition coefficient (Wildman–Crippen LogP) is 2.78. The molecule has 0 saturated carbocycles. The van der Waals surface area contributed by atoms with Crippen molar-refractivity contribution in [3.63, 3.8) is 0 Å². The number of amides is 1. The molecule has 5 bridgehead atoms. The molecule has 0 aromatic heterocycles. The molecule has 342 valence electrons. The van der Waals surface area contributed by atoms with E-state index in [0.717, 1.165) is 0 Å². The Morgan fingerprint density at radius 1 is 0.968 bits per heavy atom. The molecule has 1 spiro atoms. The molecule has 0 radical (unpaired) electrons. The number of aromatic hydroxyl groups is 1. The number of phenolic OH excluding ortho intramolecular Hbond substituents is 1. The maximum absolute atomic E-state index is 14.9. The minimum Gasteiger partial charge on any atom is -0.507 e. The van der Waals surface area contributed by atoms with E-state index in [4.69, 9.17) is 28.4 Å². The molecular weight excluding hydrogens is 821 g/mol. The molecule has 4 heterocycles. The molecule has 1 aromatic rings. The first-order valence-corrected chi connectivity index (χ1v) is 21.0. The SMILES string of the molecule is CO[C@H]1/C=C/O[C@@]2(C)Oc3c(C)c(O)c4c(c3C2=O)C2(OCC(=O)O2)C(/C=N/N2CCN(C)CC2)=C(NC(=O)/C(C)=C/C=C/[C@H](C)[C@H](O)[C@@H](C)[C@@H](O)[C@@H](C)[C@H](OC(C)=O)[C@@H]1C)C4=O. The Kier molecular flexibility index (Phi) is 13.7. The topological polar surface area (TPSA) is 232 Å². The number of ether oxygens (including phenoxy) is 6. The van der Waals surface area contributed by atoms with Crippen molar-refractivity contribution >= 4 is 35.6 Å². The summed E-state index contributed by atoms with van der Waals surface area (Å²) in [6, 6.07) is 0. The summed E-state index contributed by atoms with van der Waals surface area (Å²) >= 11 is 0. The van der Waals surface area contributed by atoms with Crippen LogP contribution in [-0.2, 0) is 43.9 Å². The number of rotatable bonds is 4. The Bertz CT molecular complexity index is 2190. The molecule has 18 nitrogen and oxygen atoms in total. The highest BCUT2D eigenvalue weighted by molar-refractivity contribution is 6.22. The monoisotopic (exact) mass is 878 g/mol. The van der Waals surface area contributed by atoms with Crippen LogP contribution in [0.25, 0.3) is 0 Å². The molecular formula is C45H58N4O14. The van der Waals surface area contributed by atoms with E-state index in [1.54, 1.807) is 44.9 Å². The van der Waals surface area contributed by atoms with Crippen molar-refractivity contribution in [2.45, 2.75) is 91.4 Å². The molecule has 4 aliphatic heterocycles. The zero-order chi connectivity index (χ0) is 46.3. The number of methoxy groups -OCH3 is 1. The van der Waals surface area contributed by atoms with Crippen LogP contribution in [-0.4, -0.2) is 138 Å². The van der Waals surface area contributed by atoms with Crippen LogP contribution in [0.1, 0.15) is 80.3 Å². The number of carbonyl (C=O) groups excluding carboxylic acids is 5. The zero-order valence-electron chi connectivity index (χ0n) is 37.3. The Morgan fingerprint density at radius 2 is 1.65 bits per heavy atom. The highest BCUT2D eigenvalue weighted by Crippen LogP contribution is 2.55. The summed E-state index contributed by atoms with van der Waals surface area (Å²) in [5.41, 5.74) is -1.65. The Balaban J connectivity index is 1.55. The van der Waals surface area contributed by atoms with Crippen molar-refractivity contribution in [2.75, 3.05) is 46.9 Å². The summed E-state index contributed by atoms with van der Waals surface area (Å²) in [5.74, 6) is -12.0. The first kappa shape index (κ1) is 47.1. The predicted molar refractivity (Wildman–Crippen MR) is 225 cm³/mol. The molecule has 18 heteroatoms. The Hall–Kier alpha value is -5.40. The quantitative estimate of drug-likeness (QED) is 0.252. The maximum atomic E-state index is 14.9. The van der Waals surface area contributed by atoms with Crippen LogP contribution in [0.2, 0.25) is 0 Å². The van der Waals surface area contributed by atoms with Crippen molar-refractivity contribution < 1.29 is 67.7 Å². The van der Waals surface area contributed by atoms with Gasteiger partial charge in [0.1, 0.15) is 29.9 Å². The summed E-state index contributed by atoms with van der Waals surface area (Å²) in [6.07, 6.45) is 4.54. The van der Waals surface area contributed by atoms with Crippen LogP contribution in [0.5, 0.6) is 11.5 Å². The number of hydrogen-bond donors (Lipinski definition) is 4. The van der Waals surface area contributed by atoms with Crippen molar-refractivity contribution in [2.24, 2.45) is 28.8 Å². The van der Waals surface area contributed by atoms with Gasteiger partial charge in [0.2, 0.25) is 5.78 Å². The number of nitrogens with one attached hydrogen (secondary N) is 1. The average molecular weight is 879 g/mol. The molecule has 5 aliphatic rings. The second kappa shape index (κ2) is 18.4. The molecule has 1 amide bonds. The zero-order valence-corrected chi connectivity index (χ0v) is 37.3. The fourth-order valence-electron chi connectivity index (χ4n) is 8.70. The van der Waals surface area contributed by atoms with Gasteiger partial charge in [-0.05, 0) is 27.0 Å². The van der Waals surface area contributed by atoms with Crippen LogP contribution in [0.3, 0.4) is 0 Å². The number of nitrogens with zero attached hydrogens (tertiary/aromatic N) is 3.